The molecule has 1 fully saturated rings. The van der Waals surface area contributed by atoms with Gasteiger partial charge in [0.2, 0.25) is 0 Å². The number of carbonyl (C=O) groups is 3. The number of nitrogens with zero attached hydrogens (tertiary/aromatic N) is 2. The summed E-state index contributed by atoms with van der Waals surface area (Å²) in [5.41, 5.74) is 0.713. The molecule has 8 nitrogen and oxygen atoms in total. The Morgan fingerprint density at radius 2 is 1.88 bits per heavy atom. The molecule has 1 amide bonds. The van der Waals surface area contributed by atoms with E-state index in [0.29, 0.717) is 21.9 Å². The minimum absolute atomic E-state index is 0.0462. The largest absolute Gasteiger partial charge is 0.507 e. The second-order valence-corrected chi connectivity index (χ2v) is 8.77. The van der Waals surface area contributed by atoms with Crippen molar-refractivity contribution in [3.8, 4) is 5.75 Å². The van der Waals surface area contributed by atoms with Gasteiger partial charge in [-0.25, -0.2) is 9.78 Å². The smallest absolute Gasteiger partial charge is 0.350 e. The van der Waals surface area contributed by atoms with Crippen molar-refractivity contribution in [1.29, 1.82) is 0 Å². The van der Waals surface area contributed by atoms with Gasteiger partial charge in [-0.2, -0.15) is 0 Å². The maximum atomic E-state index is 13.1. The number of ketones is 1. The van der Waals surface area contributed by atoms with Gasteiger partial charge in [0.05, 0.1) is 25.5 Å². The molecule has 2 aromatic heterocycles. The third kappa shape index (κ3) is 3.57. The topological polar surface area (TPSA) is 106 Å². The molecule has 3 heterocycles. The van der Waals surface area contributed by atoms with Crippen LogP contribution in [0.5, 0.6) is 5.75 Å². The number of amides is 1. The lowest BCUT2D eigenvalue weighted by molar-refractivity contribution is -0.132. The Kier molecular flexibility index (Phi) is 5.81. The van der Waals surface area contributed by atoms with Gasteiger partial charge in [-0.15, -0.1) is 11.3 Å². The number of aliphatic hydroxyl groups is 1. The Morgan fingerprint density at radius 1 is 1.16 bits per heavy atom. The molecule has 4 rings (SSSR count). The quantitative estimate of drug-likeness (QED) is 0.261. The summed E-state index contributed by atoms with van der Waals surface area (Å²) < 4.78 is 9.92. The summed E-state index contributed by atoms with van der Waals surface area (Å²) in [7, 11) is 2.78. The number of rotatable bonds is 5. The first kappa shape index (κ1) is 21.7. The lowest BCUT2D eigenvalue weighted by atomic mass is 10.00. The van der Waals surface area contributed by atoms with Crippen LogP contribution in [0.3, 0.4) is 0 Å². The van der Waals surface area contributed by atoms with Gasteiger partial charge >= 0.3 is 11.9 Å². The number of hydrogen-bond acceptors (Lipinski definition) is 9. The second kappa shape index (κ2) is 8.56. The molecule has 164 valence electrons. The Balaban J connectivity index is 1.88. The van der Waals surface area contributed by atoms with E-state index in [4.69, 9.17) is 9.47 Å². The van der Waals surface area contributed by atoms with Crippen molar-refractivity contribution in [2.75, 3.05) is 19.1 Å². The first-order chi connectivity index (χ1) is 15.4. The van der Waals surface area contributed by atoms with Gasteiger partial charge in [-0.1, -0.05) is 17.4 Å². The first-order valence-electron chi connectivity index (χ1n) is 9.42. The van der Waals surface area contributed by atoms with E-state index in [1.165, 1.54) is 30.5 Å². The standard InChI is InChI=1S/C22H18N2O6S2/c1-11-19(21(28)30-3)32-22(23-11)24-16(14-5-4-10-31-14)15(18(26)20(24)27)17(25)12-6-8-13(29-2)9-7-12/h4-10,16,25H,1-3H3/t16-/m1/s1. The maximum absolute atomic E-state index is 13.1. The predicted molar refractivity (Wildman–Crippen MR) is 120 cm³/mol. The number of aliphatic hydroxyl groups excluding tert-OH is 1. The van der Waals surface area contributed by atoms with Gasteiger partial charge in [-0.3, -0.25) is 14.5 Å². The average molecular weight is 471 g/mol. The van der Waals surface area contributed by atoms with E-state index in [9.17, 15) is 19.5 Å². The number of esters is 1. The number of thiophene rings is 1. The highest BCUT2D eigenvalue weighted by molar-refractivity contribution is 7.18. The van der Waals surface area contributed by atoms with Crippen LogP contribution < -0.4 is 9.64 Å². The zero-order valence-corrected chi connectivity index (χ0v) is 19.0. The molecule has 0 radical (unpaired) electrons. The number of carbonyl (C=O) groups excluding carboxylic acids is 3. The number of Topliss-reactive ketones (excluding diaryl/α,β-unsaturated/α-hetero) is 1. The van der Waals surface area contributed by atoms with Crippen LogP contribution in [-0.2, 0) is 14.3 Å². The molecule has 0 aliphatic carbocycles. The summed E-state index contributed by atoms with van der Waals surface area (Å²) in [6.07, 6.45) is 0. The van der Waals surface area contributed by atoms with Crippen LogP contribution in [-0.4, -0.2) is 42.0 Å². The van der Waals surface area contributed by atoms with E-state index in [1.54, 1.807) is 43.3 Å². The minimum atomic E-state index is -0.881. The average Bonchev–Trinajstić information content (AvgIpc) is 3.52. The van der Waals surface area contributed by atoms with E-state index in [1.807, 2.05) is 5.38 Å². The normalized spacial score (nSPS) is 17.6. The molecular formula is C22H18N2O6S2. The molecule has 1 aliphatic heterocycles. The SMILES string of the molecule is COC(=O)c1sc(N2C(=O)C(=O)C(=C(O)c3ccc(OC)cc3)[C@H]2c2cccs2)nc1C. The number of anilines is 1. The third-order valence-electron chi connectivity index (χ3n) is 4.98. The summed E-state index contributed by atoms with van der Waals surface area (Å²) in [5.74, 6) is -1.94. The van der Waals surface area contributed by atoms with Gasteiger partial charge < -0.3 is 14.6 Å². The van der Waals surface area contributed by atoms with Gasteiger partial charge in [0.1, 0.15) is 22.4 Å². The van der Waals surface area contributed by atoms with Crippen LogP contribution >= 0.6 is 22.7 Å². The molecule has 1 atom stereocenters. The molecule has 3 aromatic rings. The molecule has 0 bridgehead atoms. The molecule has 32 heavy (non-hydrogen) atoms. The van der Waals surface area contributed by atoms with Crippen molar-refractivity contribution >= 4 is 51.2 Å². The number of hydrogen-bond donors (Lipinski definition) is 1. The lowest BCUT2D eigenvalue weighted by Gasteiger charge is -2.21. The summed E-state index contributed by atoms with van der Waals surface area (Å²) in [4.78, 5) is 44.7. The zero-order valence-electron chi connectivity index (χ0n) is 17.3. The molecule has 0 unspecified atom stereocenters. The van der Waals surface area contributed by atoms with E-state index in [-0.39, 0.29) is 21.3 Å². The predicted octanol–water partition coefficient (Wildman–Crippen LogP) is 3.93. The lowest BCUT2D eigenvalue weighted by Crippen LogP contribution is -2.29. The van der Waals surface area contributed by atoms with Crippen molar-refractivity contribution in [2.24, 2.45) is 0 Å². The van der Waals surface area contributed by atoms with Crippen molar-refractivity contribution in [2.45, 2.75) is 13.0 Å². The second-order valence-electron chi connectivity index (χ2n) is 6.82. The maximum Gasteiger partial charge on any atom is 0.350 e. The summed E-state index contributed by atoms with van der Waals surface area (Å²) in [5, 5.41) is 13.0. The van der Waals surface area contributed by atoms with E-state index in [0.717, 1.165) is 11.3 Å². The van der Waals surface area contributed by atoms with Gasteiger partial charge in [0.25, 0.3) is 5.78 Å². The first-order valence-corrected chi connectivity index (χ1v) is 11.1. The zero-order chi connectivity index (χ0) is 23.0. The number of thiazole rings is 1. The van der Waals surface area contributed by atoms with Crippen LogP contribution in [0.4, 0.5) is 5.13 Å². The van der Waals surface area contributed by atoms with Crippen LogP contribution in [0.15, 0.2) is 47.4 Å². The highest BCUT2D eigenvalue weighted by Crippen LogP contribution is 2.45. The fourth-order valence-corrected chi connectivity index (χ4v) is 5.25. The van der Waals surface area contributed by atoms with Gasteiger partial charge in [0, 0.05) is 10.4 Å². The highest BCUT2D eigenvalue weighted by Gasteiger charge is 2.48. The molecular weight excluding hydrogens is 452 g/mol. The molecule has 0 spiro atoms. The molecule has 0 saturated carbocycles. The number of aromatic nitrogens is 1. The van der Waals surface area contributed by atoms with Crippen LogP contribution in [0.1, 0.15) is 31.8 Å². The Bertz CT molecular complexity index is 1230. The molecule has 1 saturated heterocycles. The number of methoxy groups -OCH3 is 2. The molecule has 10 heteroatoms. The monoisotopic (exact) mass is 470 g/mol. The number of ether oxygens (including phenoxy) is 2. The Morgan fingerprint density at radius 3 is 2.47 bits per heavy atom. The van der Waals surface area contributed by atoms with Gasteiger partial charge in [0.15, 0.2) is 5.13 Å². The minimum Gasteiger partial charge on any atom is -0.507 e. The van der Waals surface area contributed by atoms with E-state index < -0.39 is 23.7 Å². The highest BCUT2D eigenvalue weighted by atomic mass is 32.1. The van der Waals surface area contributed by atoms with Crippen molar-refractivity contribution in [3.05, 3.63) is 68.4 Å². The summed E-state index contributed by atoms with van der Waals surface area (Å²) >= 11 is 2.30. The summed E-state index contributed by atoms with van der Waals surface area (Å²) in [6, 6.07) is 9.20. The molecule has 1 N–H and O–H groups in total. The molecule has 1 aliphatic rings. The third-order valence-corrected chi connectivity index (χ3v) is 7.04. The Hall–Kier alpha value is -3.50. The van der Waals surface area contributed by atoms with Crippen molar-refractivity contribution < 1.29 is 29.0 Å². The fraction of sp³-hybridized carbons (Fsp3) is 0.182. The number of benzene rings is 1. The van der Waals surface area contributed by atoms with Crippen LogP contribution in [0.2, 0.25) is 0 Å². The number of aryl methyl sites for hydroxylation is 1. The van der Waals surface area contributed by atoms with E-state index in [2.05, 4.69) is 4.98 Å². The van der Waals surface area contributed by atoms with Crippen molar-refractivity contribution in [1.82, 2.24) is 4.98 Å². The van der Waals surface area contributed by atoms with Gasteiger partial charge in [-0.05, 0) is 42.6 Å². The van der Waals surface area contributed by atoms with Crippen LogP contribution in [0.25, 0.3) is 5.76 Å². The van der Waals surface area contributed by atoms with Crippen LogP contribution in [0, 0.1) is 6.92 Å². The molecule has 1 aromatic carbocycles. The van der Waals surface area contributed by atoms with Crippen molar-refractivity contribution in [3.63, 3.8) is 0 Å². The van der Waals surface area contributed by atoms with E-state index >= 15 is 0 Å². The Labute approximate surface area is 191 Å². The summed E-state index contributed by atoms with van der Waals surface area (Å²) in [6.45, 7) is 1.63. The fourth-order valence-electron chi connectivity index (χ4n) is 3.42.